The average Bonchev–Trinajstić information content (AvgIpc) is 2.99. The van der Waals surface area contributed by atoms with Gasteiger partial charge in [0.25, 0.3) is 0 Å². The van der Waals surface area contributed by atoms with Crippen molar-refractivity contribution in [1.82, 2.24) is 14.9 Å². The van der Waals surface area contributed by atoms with Crippen LogP contribution in [0.2, 0.25) is 0 Å². The van der Waals surface area contributed by atoms with Crippen LogP contribution in [0.1, 0.15) is 29.2 Å². The van der Waals surface area contributed by atoms with Crippen LogP contribution in [-0.4, -0.2) is 28.5 Å². The normalized spacial score (nSPS) is 14.9. The Labute approximate surface area is 166 Å². The average molecular weight is 367 g/mol. The van der Waals surface area contributed by atoms with Crippen LogP contribution in [0.15, 0.2) is 90.9 Å². The summed E-state index contributed by atoms with van der Waals surface area (Å²) in [6, 6.07) is 12.9. The van der Waals surface area contributed by atoms with E-state index in [1.165, 1.54) is 27.6 Å². The van der Waals surface area contributed by atoms with Gasteiger partial charge in [0.15, 0.2) is 0 Å². The molecule has 0 saturated carbocycles. The highest BCUT2D eigenvalue weighted by atomic mass is 15.1. The molecule has 0 spiro atoms. The minimum atomic E-state index is 0.135. The van der Waals surface area contributed by atoms with Crippen LogP contribution in [0.25, 0.3) is 10.9 Å². The molecule has 0 aliphatic heterocycles. The van der Waals surface area contributed by atoms with Crippen LogP contribution in [0.5, 0.6) is 0 Å². The smallest absolute Gasteiger partial charge is 0.0734 e. The van der Waals surface area contributed by atoms with Crippen molar-refractivity contribution in [2.24, 2.45) is 0 Å². The number of nitrogens with zero attached hydrogens (tertiary/aromatic N) is 3. The second-order valence-electron chi connectivity index (χ2n) is 7.26. The molecule has 0 saturated heterocycles. The summed E-state index contributed by atoms with van der Waals surface area (Å²) in [4.78, 5) is 11.3. The van der Waals surface area contributed by atoms with E-state index < -0.39 is 0 Å². The lowest BCUT2D eigenvalue weighted by Gasteiger charge is -2.30. The Hall–Kier alpha value is -3.04. The molecule has 0 fully saturated rings. The molecule has 4 rings (SSSR count). The van der Waals surface area contributed by atoms with E-state index in [9.17, 15) is 0 Å². The number of aryl methyl sites for hydroxylation is 1. The van der Waals surface area contributed by atoms with Crippen molar-refractivity contribution < 1.29 is 0 Å². The Morgan fingerprint density at radius 2 is 1.89 bits per heavy atom. The second kappa shape index (κ2) is 8.32. The maximum atomic E-state index is 4.64. The molecule has 2 heterocycles. The monoisotopic (exact) mass is 367 g/mol. The Bertz CT molecular complexity index is 1050. The Morgan fingerprint density at radius 1 is 1.04 bits per heavy atom. The standard InChI is InChI=1S/C25H25N3/c1-19-23(12-11-21-10-7-15-27-24(19)21)25(22-13-16-26-17-14-22)28(2)18-20-8-5-3-4-6-9-20/h3,5-17,25H,4,18H2,1-2H3. The van der Waals surface area contributed by atoms with Gasteiger partial charge in [-0.15, -0.1) is 0 Å². The van der Waals surface area contributed by atoms with E-state index in [4.69, 9.17) is 0 Å². The Morgan fingerprint density at radius 3 is 2.75 bits per heavy atom. The molecule has 1 aliphatic carbocycles. The number of pyridine rings is 2. The molecule has 3 heteroatoms. The maximum absolute atomic E-state index is 4.64. The molecule has 140 valence electrons. The third-order valence-corrected chi connectivity index (χ3v) is 5.31. The van der Waals surface area contributed by atoms with Gasteiger partial charge in [-0.05, 0) is 60.9 Å². The summed E-state index contributed by atoms with van der Waals surface area (Å²) in [5, 5.41) is 1.18. The zero-order valence-electron chi connectivity index (χ0n) is 16.4. The van der Waals surface area contributed by atoms with Crippen molar-refractivity contribution in [3.05, 3.63) is 108 Å². The summed E-state index contributed by atoms with van der Waals surface area (Å²) in [6.07, 6.45) is 17.6. The van der Waals surface area contributed by atoms with Gasteiger partial charge in [0.1, 0.15) is 0 Å². The number of likely N-dealkylation sites (N-methyl/N-ethyl adjacent to an activating group) is 1. The lowest BCUT2D eigenvalue weighted by molar-refractivity contribution is 0.303. The lowest BCUT2D eigenvalue weighted by Crippen LogP contribution is -2.28. The number of aromatic nitrogens is 2. The highest BCUT2D eigenvalue weighted by Gasteiger charge is 2.22. The van der Waals surface area contributed by atoms with E-state index in [0.29, 0.717) is 0 Å². The number of benzene rings is 1. The van der Waals surface area contributed by atoms with Gasteiger partial charge in [0.05, 0.1) is 11.6 Å². The van der Waals surface area contributed by atoms with Gasteiger partial charge in [-0.3, -0.25) is 14.9 Å². The summed E-state index contributed by atoms with van der Waals surface area (Å²) in [7, 11) is 2.19. The van der Waals surface area contributed by atoms with Gasteiger partial charge in [-0.25, -0.2) is 0 Å². The Kier molecular flexibility index (Phi) is 5.45. The second-order valence-corrected chi connectivity index (χ2v) is 7.26. The molecular formula is C25H25N3. The molecule has 1 atom stereocenters. The summed E-state index contributed by atoms with van der Waals surface area (Å²) < 4.78 is 0. The molecule has 3 nitrogen and oxygen atoms in total. The molecule has 1 aromatic carbocycles. The number of allylic oxidation sites excluding steroid dienone is 4. The molecule has 1 unspecified atom stereocenters. The molecule has 28 heavy (non-hydrogen) atoms. The molecule has 0 N–H and O–H groups in total. The SMILES string of the molecule is Cc1c(C(c2ccncc2)N(C)CC2=CC=CCC=C2)ccc2cccnc12. The number of fused-ring (bicyclic) bond motifs is 1. The summed E-state index contributed by atoms with van der Waals surface area (Å²) in [5.41, 5.74) is 6.14. The van der Waals surface area contributed by atoms with E-state index in [-0.39, 0.29) is 6.04 Å². The minimum Gasteiger partial charge on any atom is -0.291 e. The van der Waals surface area contributed by atoms with E-state index >= 15 is 0 Å². The van der Waals surface area contributed by atoms with Crippen molar-refractivity contribution in [3.8, 4) is 0 Å². The number of hydrogen-bond acceptors (Lipinski definition) is 3. The van der Waals surface area contributed by atoms with Crippen molar-refractivity contribution >= 4 is 10.9 Å². The van der Waals surface area contributed by atoms with Gasteiger partial charge in [-0.2, -0.15) is 0 Å². The van der Waals surface area contributed by atoms with Gasteiger partial charge >= 0.3 is 0 Å². The first kappa shape index (κ1) is 18.3. The van der Waals surface area contributed by atoms with Gasteiger partial charge in [0, 0.05) is 30.5 Å². The van der Waals surface area contributed by atoms with Crippen molar-refractivity contribution in [3.63, 3.8) is 0 Å². The molecule has 1 aliphatic rings. The van der Waals surface area contributed by atoms with E-state index in [2.05, 4.69) is 89.6 Å². The van der Waals surface area contributed by atoms with Crippen LogP contribution in [0, 0.1) is 6.92 Å². The highest BCUT2D eigenvalue weighted by molar-refractivity contribution is 5.82. The Balaban J connectivity index is 1.77. The molecule has 0 radical (unpaired) electrons. The van der Waals surface area contributed by atoms with Gasteiger partial charge < -0.3 is 0 Å². The van der Waals surface area contributed by atoms with E-state index in [0.717, 1.165) is 18.5 Å². The number of hydrogen-bond donors (Lipinski definition) is 0. The summed E-state index contributed by atoms with van der Waals surface area (Å²) in [6.45, 7) is 3.05. The van der Waals surface area contributed by atoms with Crippen LogP contribution in [-0.2, 0) is 0 Å². The third kappa shape index (κ3) is 3.80. The van der Waals surface area contributed by atoms with E-state index in [1.54, 1.807) is 0 Å². The first-order valence-electron chi connectivity index (χ1n) is 9.70. The zero-order chi connectivity index (χ0) is 19.3. The minimum absolute atomic E-state index is 0.135. The lowest BCUT2D eigenvalue weighted by atomic mass is 9.92. The summed E-state index contributed by atoms with van der Waals surface area (Å²) in [5.74, 6) is 0. The van der Waals surface area contributed by atoms with Crippen LogP contribution in [0.3, 0.4) is 0 Å². The van der Waals surface area contributed by atoms with Crippen LogP contribution >= 0.6 is 0 Å². The largest absolute Gasteiger partial charge is 0.291 e. The van der Waals surface area contributed by atoms with E-state index in [1.807, 2.05) is 24.7 Å². The summed E-state index contributed by atoms with van der Waals surface area (Å²) >= 11 is 0. The van der Waals surface area contributed by atoms with Crippen molar-refractivity contribution in [1.29, 1.82) is 0 Å². The first-order valence-corrected chi connectivity index (χ1v) is 9.70. The first-order chi connectivity index (χ1) is 13.7. The van der Waals surface area contributed by atoms with Crippen molar-refractivity contribution in [2.75, 3.05) is 13.6 Å². The fourth-order valence-electron chi connectivity index (χ4n) is 3.93. The van der Waals surface area contributed by atoms with Crippen LogP contribution < -0.4 is 0 Å². The van der Waals surface area contributed by atoms with Crippen molar-refractivity contribution in [2.45, 2.75) is 19.4 Å². The molecule has 3 aromatic rings. The number of rotatable bonds is 5. The maximum Gasteiger partial charge on any atom is 0.0734 e. The predicted octanol–water partition coefficient (Wildman–Crippen LogP) is 5.40. The highest BCUT2D eigenvalue weighted by Crippen LogP contribution is 2.33. The molecule has 0 bridgehead atoms. The topological polar surface area (TPSA) is 29.0 Å². The van der Waals surface area contributed by atoms with Crippen LogP contribution in [0.4, 0.5) is 0 Å². The third-order valence-electron chi connectivity index (χ3n) is 5.31. The zero-order valence-corrected chi connectivity index (χ0v) is 16.4. The fraction of sp³-hybridized carbons (Fsp3) is 0.200. The molecular weight excluding hydrogens is 342 g/mol. The quantitative estimate of drug-likeness (QED) is 0.604. The van der Waals surface area contributed by atoms with Gasteiger partial charge in [-0.1, -0.05) is 48.6 Å². The molecule has 0 amide bonds. The fourth-order valence-corrected chi connectivity index (χ4v) is 3.93. The predicted molar refractivity (Wildman–Crippen MR) is 116 cm³/mol. The molecule has 2 aromatic heterocycles. The van der Waals surface area contributed by atoms with Gasteiger partial charge in [0.2, 0.25) is 0 Å².